The maximum absolute atomic E-state index is 12.0. The number of hydrogen-bond donors (Lipinski definition) is 1. The zero-order valence-electron chi connectivity index (χ0n) is 11.8. The zero-order valence-corrected chi connectivity index (χ0v) is 11.8. The van der Waals surface area contributed by atoms with Gasteiger partial charge in [0.05, 0.1) is 7.11 Å². The van der Waals surface area contributed by atoms with Crippen molar-refractivity contribution in [2.24, 2.45) is 0 Å². The number of nitrogens with one attached hydrogen (secondary N) is 1. The maximum atomic E-state index is 12.0. The summed E-state index contributed by atoms with van der Waals surface area (Å²) in [7, 11) is 1.59. The van der Waals surface area contributed by atoms with Crippen molar-refractivity contribution in [1.29, 1.82) is 0 Å². The fourth-order valence-electron chi connectivity index (χ4n) is 2.51. The number of carbonyl (C=O) groups excluding carboxylic acids is 1. The Bertz CT molecular complexity index is 633. The monoisotopic (exact) mass is 287 g/mol. The van der Waals surface area contributed by atoms with E-state index in [1.54, 1.807) is 13.2 Å². The van der Waals surface area contributed by atoms with Crippen molar-refractivity contribution in [3.05, 3.63) is 30.2 Å². The number of nitrogens with zero attached hydrogens (tertiary/aromatic N) is 2. The summed E-state index contributed by atoms with van der Waals surface area (Å²) in [6.07, 6.45) is 4.35. The molecule has 0 spiro atoms. The molecule has 0 bridgehead atoms. The van der Waals surface area contributed by atoms with E-state index in [1.807, 2.05) is 18.2 Å². The normalized spacial score (nSPS) is 15.1. The Labute approximate surface area is 122 Å². The molecule has 21 heavy (non-hydrogen) atoms. The van der Waals surface area contributed by atoms with Crippen LogP contribution in [-0.4, -0.2) is 29.3 Å². The third-order valence-corrected chi connectivity index (χ3v) is 3.63. The van der Waals surface area contributed by atoms with E-state index in [0.717, 1.165) is 31.2 Å². The van der Waals surface area contributed by atoms with Gasteiger partial charge in [0.1, 0.15) is 5.75 Å². The minimum atomic E-state index is -0.302. The summed E-state index contributed by atoms with van der Waals surface area (Å²) in [6, 6.07) is 7.50. The molecule has 0 saturated heterocycles. The van der Waals surface area contributed by atoms with Gasteiger partial charge in [-0.1, -0.05) is 18.9 Å². The number of methoxy groups -OCH3 is 1. The van der Waals surface area contributed by atoms with E-state index in [1.165, 1.54) is 0 Å². The van der Waals surface area contributed by atoms with Crippen LogP contribution < -0.4 is 10.1 Å². The largest absolute Gasteiger partial charge is 0.497 e. The highest BCUT2D eigenvalue weighted by atomic mass is 16.5. The number of amides is 1. The fraction of sp³-hybridized carbons (Fsp3) is 0.400. The molecular formula is C15H17N3O3. The predicted octanol–water partition coefficient (Wildman–Crippen LogP) is 2.42. The molecule has 1 aliphatic carbocycles. The minimum absolute atomic E-state index is 0.000259. The number of hydrogen-bond acceptors (Lipinski definition) is 5. The summed E-state index contributed by atoms with van der Waals surface area (Å²) in [5, 5.41) is 10.7. The Balaban J connectivity index is 1.74. The fourth-order valence-corrected chi connectivity index (χ4v) is 2.51. The van der Waals surface area contributed by atoms with E-state index in [-0.39, 0.29) is 17.8 Å². The lowest BCUT2D eigenvalue weighted by atomic mass is 10.2. The van der Waals surface area contributed by atoms with Crippen LogP contribution in [0, 0.1) is 0 Å². The second-order valence-corrected chi connectivity index (χ2v) is 5.10. The molecule has 6 heteroatoms. The Morgan fingerprint density at radius 1 is 1.33 bits per heavy atom. The number of rotatable bonds is 4. The molecule has 2 aromatic rings. The van der Waals surface area contributed by atoms with Gasteiger partial charge < -0.3 is 14.5 Å². The van der Waals surface area contributed by atoms with Crippen molar-refractivity contribution in [3.8, 4) is 17.2 Å². The van der Waals surface area contributed by atoms with Gasteiger partial charge in [0.25, 0.3) is 0 Å². The summed E-state index contributed by atoms with van der Waals surface area (Å²) < 4.78 is 10.6. The lowest BCUT2D eigenvalue weighted by Gasteiger charge is -2.08. The Hall–Kier alpha value is -2.37. The van der Waals surface area contributed by atoms with Gasteiger partial charge in [0.2, 0.25) is 5.89 Å². The standard InChI is InChI=1S/C15H17N3O3/c1-20-12-8-4-5-10(9-12)14-17-18-15(21-14)13(19)16-11-6-2-3-7-11/h4-5,8-9,11H,2-3,6-7H2,1H3,(H,16,19). The topological polar surface area (TPSA) is 77.2 Å². The second-order valence-electron chi connectivity index (χ2n) is 5.10. The highest BCUT2D eigenvalue weighted by molar-refractivity contribution is 5.89. The summed E-state index contributed by atoms with van der Waals surface area (Å²) in [4.78, 5) is 12.0. The van der Waals surface area contributed by atoms with Gasteiger partial charge in [0.15, 0.2) is 0 Å². The molecule has 1 aliphatic rings. The molecular weight excluding hydrogens is 270 g/mol. The van der Waals surface area contributed by atoms with Crippen molar-refractivity contribution < 1.29 is 13.9 Å². The quantitative estimate of drug-likeness (QED) is 0.934. The Morgan fingerprint density at radius 3 is 2.90 bits per heavy atom. The molecule has 1 aromatic carbocycles. The van der Waals surface area contributed by atoms with E-state index >= 15 is 0 Å². The number of carbonyl (C=O) groups is 1. The predicted molar refractivity (Wildman–Crippen MR) is 76.0 cm³/mol. The van der Waals surface area contributed by atoms with E-state index in [2.05, 4.69) is 15.5 Å². The first-order valence-corrected chi connectivity index (χ1v) is 7.05. The van der Waals surface area contributed by atoms with Gasteiger partial charge in [-0.2, -0.15) is 0 Å². The highest BCUT2D eigenvalue weighted by Crippen LogP contribution is 2.23. The van der Waals surface area contributed by atoms with Crippen LogP contribution in [0.25, 0.3) is 11.5 Å². The van der Waals surface area contributed by atoms with Crippen LogP contribution >= 0.6 is 0 Å². The zero-order chi connectivity index (χ0) is 14.7. The third-order valence-electron chi connectivity index (χ3n) is 3.63. The molecule has 0 atom stereocenters. The van der Waals surface area contributed by atoms with Gasteiger partial charge in [-0.15, -0.1) is 10.2 Å². The lowest BCUT2D eigenvalue weighted by Crippen LogP contribution is -2.32. The average Bonchev–Trinajstić information content (AvgIpc) is 3.18. The van der Waals surface area contributed by atoms with Crippen LogP contribution in [0.15, 0.2) is 28.7 Å². The van der Waals surface area contributed by atoms with Crippen molar-refractivity contribution in [3.63, 3.8) is 0 Å². The van der Waals surface area contributed by atoms with Gasteiger partial charge in [-0.05, 0) is 31.0 Å². The molecule has 6 nitrogen and oxygen atoms in total. The highest BCUT2D eigenvalue weighted by Gasteiger charge is 2.22. The van der Waals surface area contributed by atoms with E-state index in [4.69, 9.17) is 9.15 Å². The van der Waals surface area contributed by atoms with Crippen molar-refractivity contribution in [2.75, 3.05) is 7.11 Å². The molecule has 1 fully saturated rings. The van der Waals surface area contributed by atoms with E-state index in [0.29, 0.717) is 11.6 Å². The summed E-state index contributed by atoms with van der Waals surface area (Å²) >= 11 is 0. The molecule has 1 saturated carbocycles. The maximum Gasteiger partial charge on any atom is 0.309 e. The van der Waals surface area contributed by atoms with Gasteiger partial charge in [-0.25, -0.2) is 0 Å². The van der Waals surface area contributed by atoms with E-state index in [9.17, 15) is 4.79 Å². The first kappa shape index (κ1) is 13.6. The first-order chi connectivity index (χ1) is 10.3. The van der Waals surface area contributed by atoms with Crippen LogP contribution in [0.2, 0.25) is 0 Å². The Kier molecular flexibility index (Phi) is 3.85. The van der Waals surface area contributed by atoms with Gasteiger partial charge >= 0.3 is 11.8 Å². The molecule has 110 valence electrons. The molecule has 1 N–H and O–H groups in total. The number of ether oxygens (including phenoxy) is 1. The summed E-state index contributed by atoms with van der Waals surface area (Å²) in [5.41, 5.74) is 0.724. The van der Waals surface area contributed by atoms with Crippen molar-refractivity contribution in [1.82, 2.24) is 15.5 Å². The lowest BCUT2D eigenvalue weighted by molar-refractivity contribution is 0.0903. The summed E-state index contributed by atoms with van der Waals surface area (Å²) in [6.45, 7) is 0. The molecule has 1 heterocycles. The molecule has 3 rings (SSSR count). The Morgan fingerprint density at radius 2 is 2.14 bits per heavy atom. The van der Waals surface area contributed by atoms with Crippen LogP contribution in [0.4, 0.5) is 0 Å². The van der Waals surface area contributed by atoms with Crippen molar-refractivity contribution in [2.45, 2.75) is 31.7 Å². The second kappa shape index (κ2) is 5.95. The van der Waals surface area contributed by atoms with E-state index < -0.39 is 0 Å². The first-order valence-electron chi connectivity index (χ1n) is 7.05. The van der Waals surface area contributed by atoms with Crippen molar-refractivity contribution >= 4 is 5.91 Å². The van der Waals surface area contributed by atoms with Crippen LogP contribution in [0.3, 0.4) is 0 Å². The molecule has 1 aromatic heterocycles. The summed E-state index contributed by atoms with van der Waals surface area (Å²) in [5.74, 6) is 0.705. The number of aromatic nitrogens is 2. The average molecular weight is 287 g/mol. The van der Waals surface area contributed by atoms with Crippen LogP contribution in [-0.2, 0) is 0 Å². The SMILES string of the molecule is COc1cccc(-c2nnc(C(=O)NC3CCCC3)o2)c1. The molecule has 0 unspecified atom stereocenters. The smallest absolute Gasteiger partial charge is 0.309 e. The minimum Gasteiger partial charge on any atom is -0.497 e. The van der Waals surface area contributed by atoms with Gasteiger partial charge in [0, 0.05) is 11.6 Å². The molecule has 0 aliphatic heterocycles. The van der Waals surface area contributed by atoms with Crippen LogP contribution in [0.5, 0.6) is 5.75 Å². The molecule has 1 amide bonds. The van der Waals surface area contributed by atoms with Crippen LogP contribution in [0.1, 0.15) is 36.4 Å². The van der Waals surface area contributed by atoms with Gasteiger partial charge in [-0.3, -0.25) is 4.79 Å². The molecule has 0 radical (unpaired) electrons. The number of benzene rings is 1. The third kappa shape index (κ3) is 3.04.